The van der Waals surface area contributed by atoms with Crippen LogP contribution >= 0.6 is 0 Å². The molecule has 31 heavy (non-hydrogen) atoms. The van der Waals surface area contributed by atoms with Gasteiger partial charge in [0, 0.05) is 30.4 Å². The van der Waals surface area contributed by atoms with Crippen LogP contribution in [0.3, 0.4) is 0 Å². The molecule has 4 rings (SSSR count). The molecule has 0 saturated heterocycles. The fraction of sp³-hybridized carbons (Fsp3) is 0.435. The zero-order valence-corrected chi connectivity index (χ0v) is 17.9. The topological polar surface area (TPSA) is 99.0 Å². The van der Waals surface area contributed by atoms with Gasteiger partial charge in [0.25, 0.3) is 5.56 Å². The Morgan fingerprint density at radius 2 is 1.84 bits per heavy atom. The van der Waals surface area contributed by atoms with Gasteiger partial charge < -0.3 is 10.1 Å². The Morgan fingerprint density at radius 3 is 2.58 bits per heavy atom. The van der Waals surface area contributed by atoms with Crippen LogP contribution in [-0.2, 0) is 11.3 Å². The maximum absolute atomic E-state index is 12.5. The van der Waals surface area contributed by atoms with E-state index in [1.54, 1.807) is 12.1 Å². The molecule has 0 atom stereocenters. The molecular formula is C23H27N5O3. The summed E-state index contributed by atoms with van der Waals surface area (Å²) >= 11 is 0. The summed E-state index contributed by atoms with van der Waals surface area (Å²) in [5, 5.41) is 3.65. The van der Waals surface area contributed by atoms with Gasteiger partial charge in [0.15, 0.2) is 0 Å². The summed E-state index contributed by atoms with van der Waals surface area (Å²) in [5.41, 5.74) is 2.33. The Morgan fingerprint density at radius 1 is 1.13 bits per heavy atom. The van der Waals surface area contributed by atoms with E-state index in [-0.39, 0.29) is 30.0 Å². The Hall–Kier alpha value is -3.29. The Bertz CT molecular complexity index is 1120. The van der Waals surface area contributed by atoms with Gasteiger partial charge in [-0.3, -0.25) is 14.2 Å². The van der Waals surface area contributed by atoms with Crippen molar-refractivity contribution in [2.45, 2.75) is 64.6 Å². The molecule has 0 radical (unpaired) electrons. The third kappa shape index (κ3) is 5.25. The van der Waals surface area contributed by atoms with Crippen molar-refractivity contribution in [1.29, 1.82) is 0 Å². The van der Waals surface area contributed by atoms with Crippen LogP contribution in [-0.4, -0.2) is 37.6 Å². The van der Waals surface area contributed by atoms with Crippen molar-refractivity contribution in [1.82, 2.24) is 24.8 Å². The number of aromatic nitrogens is 4. The molecule has 0 bridgehead atoms. The van der Waals surface area contributed by atoms with Crippen LogP contribution in [0.15, 0.2) is 41.5 Å². The number of para-hydroxylation sites is 1. The molecular weight excluding hydrogens is 394 g/mol. The third-order valence-corrected chi connectivity index (χ3v) is 5.58. The molecule has 1 N–H and O–H groups in total. The molecule has 1 fully saturated rings. The van der Waals surface area contributed by atoms with Crippen molar-refractivity contribution in [3.8, 4) is 6.01 Å². The Balaban J connectivity index is 1.25. The number of nitrogens with zero attached hydrogens (tertiary/aromatic N) is 4. The van der Waals surface area contributed by atoms with Gasteiger partial charge in [-0.1, -0.05) is 12.1 Å². The third-order valence-electron chi connectivity index (χ3n) is 5.58. The summed E-state index contributed by atoms with van der Waals surface area (Å²) in [4.78, 5) is 37.9. The number of aryl methyl sites for hydroxylation is 3. The van der Waals surface area contributed by atoms with Crippen LogP contribution < -0.4 is 15.6 Å². The average molecular weight is 422 g/mol. The van der Waals surface area contributed by atoms with Crippen LogP contribution in [0.1, 0.15) is 43.5 Å². The molecule has 1 aliphatic carbocycles. The predicted molar refractivity (Wildman–Crippen MR) is 117 cm³/mol. The lowest BCUT2D eigenvalue weighted by Crippen LogP contribution is -2.40. The molecule has 3 aromatic rings. The molecule has 1 saturated carbocycles. The van der Waals surface area contributed by atoms with Gasteiger partial charge in [-0.15, -0.1) is 0 Å². The lowest BCUT2D eigenvalue weighted by Gasteiger charge is -2.29. The zero-order valence-electron chi connectivity index (χ0n) is 17.9. The van der Waals surface area contributed by atoms with E-state index in [2.05, 4.69) is 20.3 Å². The van der Waals surface area contributed by atoms with E-state index in [0.717, 1.165) is 37.1 Å². The monoisotopic (exact) mass is 421 g/mol. The van der Waals surface area contributed by atoms with Crippen LogP contribution in [0, 0.1) is 13.8 Å². The first-order valence-electron chi connectivity index (χ1n) is 10.7. The second kappa shape index (κ2) is 9.24. The SMILES string of the molecule is Cc1cc(C)nc(OC2CCC(NC(=O)CCn3cnc4ccccc4c3=O)CC2)n1. The first kappa shape index (κ1) is 21.0. The number of benzene rings is 1. The first-order valence-corrected chi connectivity index (χ1v) is 10.7. The summed E-state index contributed by atoms with van der Waals surface area (Å²) in [5.74, 6) is -0.0536. The van der Waals surface area contributed by atoms with E-state index in [1.807, 2.05) is 32.0 Å². The highest BCUT2D eigenvalue weighted by molar-refractivity contribution is 5.77. The van der Waals surface area contributed by atoms with Crippen molar-refractivity contribution in [2.24, 2.45) is 0 Å². The van der Waals surface area contributed by atoms with Gasteiger partial charge in [-0.25, -0.2) is 15.0 Å². The lowest BCUT2D eigenvalue weighted by atomic mass is 9.93. The van der Waals surface area contributed by atoms with Crippen molar-refractivity contribution < 1.29 is 9.53 Å². The van der Waals surface area contributed by atoms with E-state index in [0.29, 0.717) is 23.5 Å². The fourth-order valence-corrected chi connectivity index (χ4v) is 4.01. The minimum atomic E-state index is -0.121. The first-order chi connectivity index (χ1) is 15.0. The Kier molecular flexibility index (Phi) is 6.25. The second-order valence-electron chi connectivity index (χ2n) is 8.10. The van der Waals surface area contributed by atoms with Gasteiger partial charge in [0.05, 0.1) is 17.2 Å². The normalized spacial score (nSPS) is 18.6. The summed E-state index contributed by atoms with van der Waals surface area (Å²) in [6.07, 6.45) is 5.20. The molecule has 0 unspecified atom stereocenters. The summed E-state index contributed by atoms with van der Waals surface area (Å²) in [6.45, 7) is 4.16. The van der Waals surface area contributed by atoms with Crippen LogP contribution in [0.25, 0.3) is 10.9 Å². The summed E-state index contributed by atoms with van der Waals surface area (Å²) in [6, 6.07) is 9.70. The number of carbonyl (C=O) groups excluding carboxylic acids is 1. The quantitative estimate of drug-likeness (QED) is 0.657. The molecule has 1 amide bonds. The van der Waals surface area contributed by atoms with Crippen LogP contribution in [0.4, 0.5) is 0 Å². The summed E-state index contributed by atoms with van der Waals surface area (Å²) < 4.78 is 7.44. The van der Waals surface area contributed by atoms with Gasteiger partial charge in [-0.2, -0.15) is 0 Å². The van der Waals surface area contributed by atoms with Gasteiger partial charge in [0.1, 0.15) is 6.10 Å². The molecule has 1 aromatic carbocycles. The van der Waals surface area contributed by atoms with Crippen molar-refractivity contribution in [2.75, 3.05) is 0 Å². The molecule has 8 nitrogen and oxygen atoms in total. The average Bonchev–Trinajstić information content (AvgIpc) is 2.74. The van der Waals surface area contributed by atoms with E-state index in [1.165, 1.54) is 10.9 Å². The van der Waals surface area contributed by atoms with Crippen LogP contribution in [0.5, 0.6) is 6.01 Å². The zero-order chi connectivity index (χ0) is 21.8. The lowest BCUT2D eigenvalue weighted by molar-refractivity contribution is -0.122. The maximum atomic E-state index is 12.5. The number of hydrogen-bond acceptors (Lipinski definition) is 6. The van der Waals surface area contributed by atoms with Crippen molar-refractivity contribution >= 4 is 16.8 Å². The number of fused-ring (bicyclic) bond motifs is 1. The van der Waals surface area contributed by atoms with Crippen LogP contribution in [0.2, 0.25) is 0 Å². The number of amides is 1. The fourth-order valence-electron chi connectivity index (χ4n) is 4.01. The molecule has 2 aromatic heterocycles. The van der Waals surface area contributed by atoms with Crippen molar-refractivity contribution in [3.05, 3.63) is 58.4 Å². The van der Waals surface area contributed by atoms with E-state index >= 15 is 0 Å². The highest BCUT2D eigenvalue weighted by Crippen LogP contribution is 2.22. The molecule has 0 aliphatic heterocycles. The molecule has 8 heteroatoms. The summed E-state index contributed by atoms with van der Waals surface area (Å²) in [7, 11) is 0. The smallest absolute Gasteiger partial charge is 0.317 e. The minimum Gasteiger partial charge on any atom is -0.460 e. The second-order valence-corrected chi connectivity index (χ2v) is 8.10. The number of nitrogens with one attached hydrogen (secondary N) is 1. The maximum Gasteiger partial charge on any atom is 0.317 e. The van der Waals surface area contributed by atoms with E-state index in [4.69, 9.17) is 4.74 Å². The number of ether oxygens (including phenoxy) is 1. The van der Waals surface area contributed by atoms with E-state index in [9.17, 15) is 9.59 Å². The Labute approximate surface area is 180 Å². The molecule has 2 heterocycles. The van der Waals surface area contributed by atoms with Gasteiger partial charge in [0.2, 0.25) is 5.91 Å². The van der Waals surface area contributed by atoms with Gasteiger partial charge in [-0.05, 0) is 57.7 Å². The van der Waals surface area contributed by atoms with Crippen molar-refractivity contribution in [3.63, 3.8) is 0 Å². The number of hydrogen-bond donors (Lipinski definition) is 1. The highest BCUT2D eigenvalue weighted by atomic mass is 16.5. The largest absolute Gasteiger partial charge is 0.460 e. The van der Waals surface area contributed by atoms with Gasteiger partial charge >= 0.3 is 6.01 Å². The standard InChI is InChI=1S/C23H27N5O3/c1-15-13-16(2)26-23(25-15)31-18-9-7-17(8-10-18)27-21(29)11-12-28-14-24-20-6-4-3-5-19(20)22(28)30/h3-6,13-14,17-18H,7-12H2,1-2H3,(H,27,29). The molecule has 1 aliphatic rings. The van der Waals surface area contributed by atoms with E-state index < -0.39 is 0 Å². The predicted octanol–water partition coefficient (Wildman–Crippen LogP) is 2.70. The minimum absolute atomic E-state index is 0.0536. The molecule has 0 spiro atoms. The highest BCUT2D eigenvalue weighted by Gasteiger charge is 2.24. The molecule has 162 valence electrons. The number of rotatable bonds is 6. The number of carbonyl (C=O) groups is 1.